The molecule has 0 bridgehead atoms. The number of carbonyl (C=O) groups excluding carboxylic acids is 1. The largest absolute Gasteiger partial charge is 0.461 e. The summed E-state index contributed by atoms with van der Waals surface area (Å²) in [7, 11) is 0. The fraction of sp³-hybridized carbons (Fsp3) is 0.688. The Morgan fingerprint density at radius 3 is 2.11 bits per heavy atom. The van der Waals surface area contributed by atoms with Crippen molar-refractivity contribution in [3.63, 3.8) is 0 Å². The summed E-state index contributed by atoms with van der Waals surface area (Å²) in [6.07, 6.45) is 15.1. The van der Waals surface area contributed by atoms with Gasteiger partial charge < -0.3 is 9.84 Å². The average molecular weight is 264 g/mol. The highest BCUT2D eigenvalue weighted by atomic mass is 16.5. The quantitative estimate of drug-likeness (QED) is 0.371. The zero-order chi connectivity index (χ0) is 14.2. The van der Waals surface area contributed by atoms with E-state index in [1.807, 2.05) is 0 Å². The minimum Gasteiger partial charge on any atom is -0.461 e. The van der Waals surface area contributed by atoms with Crippen molar-refractivity contribution in [1.29, 1.82) is 0 Å². The number of aliphatic hydroxyl groups is 1. The van der Waals surface area contributed by atoms with Crippen LogP contribution in [0, 0.1) is 24.1 Å². The van der Waals surface area contributed by atoms with Gasteiger partial charge in [0.1, 0.15) is 12.2 Å². The molecule has 0 aliphatic rings. The van der Waals surface area contributed by atoms with Gasteiger partial charge in [0, 0.05) is 18.3 Å². The van der Waals surface area contributed by atoms with Crippen molar-refractivity contribution >= 4 is 5.97 Å². The third kappa shape index (κ3) is 14.3. The van der Waals surface area contributed by atoms with E-state index in [1.165, 1.54) is 44.9 Å². The molecule has 0 saturated carbocycles. The highest BCUT2D eigenvalue weighted by molar-refractivity contribution is 5.70. The van der Waals surface area contributed by atoms with Crippen LogP contribution in [0.4, 0.5) is 0 Å². The van der Waals surface area contributed by atoms with Crippen molar-refractivity contribution in [3.05, 3.63) is 0 Å². The molecule has 0 fully saturated rings. The molecule has 0 aliphatic heterocycles. The number of unbranched alkanes of at least 4 members (excludes halogenated alkanes) is 8. The monoisotopic (exact) mass is 264 g/mol. The molecule has 0 unspecified atom stereocenters. The van der Waals surface area contributed by atoms with Gasteiger partial charge in [-0.3, -0.25) is 4.79 Å². The van der Waals surface area contributed by atoms with Gasteiger partial charge in [0.15, 0.2) is 0 Å². The van der Waals surface area contributed by atoms with Gasteiger partial charge >= 0.3 is 5.97 Å². The fourth-order valence-electron chi connectivity index (χ4n) is 1.77. The van der Waals surface area contributed by atoms with Crippen LogP contribution in [0.25, 0.3) is 0 Å². The maximum atomic E-state index is 11.2. The van der Waals surface area contributed by atoms with Crippen LogP contribution in [0.2, 0.25) is 0 Å². The number of carbonyl (C=O) groups is 1. The van der Waals surface area contributed by atoms with Crippen molar-refractivity contribution < 1.29 is 14.6 Å². The second-order valence-corrected chi connectivity index (χ2v) is 4.52. The summed E-state index contributed by atoms with van der Waals surface area (Å²) >= 11 is 0. The lowest BCUT2D eigenvalue weighted by molar-refractivity contribution is -0.136. The highest BCUT2D eigenvalue weighted by Gasteiger charge is 2.00. The number of hydrogen-bond donors (Lipinski definition) is 1. The predicted octanol–water partition coefficient (Wildman–Crippen LogP) is 3.74. The first-order valence-corrected chi connectivity index (χ1v) is 7.15. The van der Waals surface area contributed by atoms with Crippen LogP contribution in [0.5, 0.6) is 0 Å². The summed E-state index contributed by atoms with van der Waals surface area (Å²) in [4.78, 5) is 11.2. The van der Waals surface area contributed by atoms with Crippen LogP contribution in [0.15, 0.2) is 0 Å². The summed E-state index contributed by atoms with van der Waals surface area (Å²) in [5.41, 5.74) is 0. The standard InChI is InChI=1S/C16H24O3/c1-2-3-4-5-6-7-8-9-10-13-16(18)19-15-12-11-14-17/h17H,2-10,13H2,1H3. The molecule has 0 aromatic rings. The van der Waals surface area contributed by atoms with E-state index in [4.69, 9.17) is 5.11 Å². The molecular formula is C16H24O3. The molecule has 0 spiro atoms. The molecule has 0 aromatic carbocycles. The third-order valence-electron chi connectivity index (χ3n) is 2.82. The zero-order valence-electron chi connectivity index (χ0n) is 11.8. The molecule has 0 radical (unpaired) electrons. The van der Waals surface area contributed by atoms with Crippen molar-refractivity contribution in [2.75, 3.05) is 0 Å². The van der Waals surface area contributed by atoms with E-state index in [-0.39, 0.29) is 5.97 Å². The molecule has 19 heavy (non-hydrogen) atoms. The first kappa shape index (κ1) is 17.4. The zero-order valence-corrected chi connectivity index (χ0v) is 11.8. The number of rotatable bonds is 10. The Balaban J connectivity index is 3.27. The van der Waals surface area contributed by atoms with E-state index in [0.29, 0.717) is 6.42 Å². The van der Waals surface area contributed by atoms with Crippen LogP contribution < -0.4 is 0 Å². The Kier molecular flexibility index (Phi) is 13.2. The molecule has 0 heterocycles. The second kappa shape index (κ2) is 14.5. The van der Waals surface area contributed by atoms with E-state index in [0.717, 1.165) is 12.8 Å². The number of hydrogen-bond acceptors (Lipinski definition) is 3. The summed E-state index contributed by atoms with van der Waals surface area (Å²) in [5.74, 6) is 3.95. The summed E-state index contributed by atoms with van der Waals surface area (Å²) in [6, 6.07) is 0. The van der Waals surface area contributed by atoms with E-state index < -0.39 is 0 Å². The topological polar surface area (TPSA) is 46.5 Å². The van der Waals surface area contributed by atoms with Gasteiger partial charge in [0.2, 0.25) is 0 Å². The summed E-state index contributed by atoms with van der Waals surface area (Å²) in [6.45, 7) is 2.22. The first-order chi connectivity index (χ1) is 9.31. The van der Waals surface area contributed by atoms with Crippen molar-refractivity contribution in [1.82, 2.24) is 0 Å². The van der Waals surface area contributed by atoms with Crippen LogP contribution >= 0.6 is 0 Å². The molecule has 0 atom stereocenters. The number of ether oxygens (including phenoxy) is 1. The molecule has 0 rings (SSSR count). The predicted molar refractivity (Wildman–Crippen MR) is 75.4 cm³/mol. The molecule has 3 nitrogen and oxygen atoms in total. The third-order valence-corrected chi connectivity index (χ3v) is 2.82. The SMILES string of the molecule is CCCCCCCCCCCC(=O)OC#CC#CO. The Bertz CT molecular complexity index is 338. The lowest BCUT2D eigenvalue weighted by Crippen LogP contribution is -1.99. The fourth-order valence-corrected chi connectivity index (χ4v) is 1.77. The average Bonchev–Trinajstić information content (AvgIpc) is 2.42. The van der Waals surface area contributed by atoms with Crippen molar-refractivity contribution in [2.24, 2.45) is 0 Å². The van der Waals surface area contributed by atoms with Gasteiger partial charge in [0.05, 0.1) is 0 Å². The Labute approximate surface area is 116 Å². The minimum absolute atomic E-state index is 0.324. The van der Waals surface area contributed by atoms with Gasteiger partial charge in [-0.25, -0.2) is 0 Å². The van der Waals surface area contributed by atoms with Gasteiger partial charge in [0.25, 0.3) is 0 Å². The van der Waals surface area contributed by atoms with Gasteiger partial charge in [-0.1, -0.05) is 58.3 Å². The van der Waals surface area contributed by atoms with Crippen LogP contribution in [-0.4, -0.2) is 11.1 Å². The maximum Gasteiger partial charge on any atom is 0.319 e. The Hall–Kier alpha value is -1.61. The number of esters is 1. The molecule has 0 amide bonds. The first-order valence-electron chi connectivity index (χ1n) is 7.15. The van der Waals surface area contributed by atoms with Crippen molar-refractivity contribution in [2.45, 2.75) is 71.1 Å². The van der Waals surface area contributed by atoms with E-state index >= 15 is 0 Å². The summed E-state index contributed by atoms with van der Waals surface area (Å²) < 4.78 is 4.60. The lowest BCUT2D eigenvalue weighted by Gasteiger charge is -2.01. The van der Waals surface area contributed by atoms with Crippen LogP contribution in [0.3, 0.4) is 0 Å². The Morgan fingerprint density at radius 1 is 0.947 bits per heavy atom. The molecular weight excluding hydrogens is 240 g/mol. The van der Waals surface area contributed by atoms with Crippen LogP contribution in [0.1, 0.15) is 71.1 Å². The normalized spacial score (nSPS) is 8.89. The number of aliphatic hydroxyl groups excluding tert-OH is 1. The van der Waals surface area contributed by atoms with Gasteiger partial charge in [-0.2, -0.15) is 0 Å². The van der Waals surface area contributed by atoms with E-state index in [2.05, 4.69) is 29.6 Å². The molecule has 3 heteroatoms. The molecule has 0 aliphatic carbocycles. The van der Waals surface area contributed by atoms with Crippen LogP contribution in [-0.2, 0) is 9.53 Å². The maximum absolute atomic E-state index is 11.2. The van der Waals surface area contributed by atoms with Gasteiger partial charge in [-0.15, -0.1) is 0 Å². The second-order valence-electron chi connectivity index (χ2n) is 4.52. The molecule has 0 aromatic heterocycles. The van der Waals surface area contributed by atoms with E-state index in [1.54, 1.807) is 6.11 Å². The lowest BCUT2D eigenvalue weighted by atomic mass is 10.1. The molecule has 1 N–H and O–H groups in total. The summed E-state index contributed by atoms with van der Waals surface area (Å²) in [5, 5.41) is 8.12. The van der Waals surface area contributed by atoms with E-state index in [9.17, 15) is 4.79 Å². The molecule has 106 valence electrons. The van der Waals surface area contributed by atoms with Gasteiger partial charge in [-0.05, 0) is 6.42 Å². The smallest absolute Gasteiger partial charge is 0.319 e. The highest BCUT2D eigenvalue weighted by Crippen LogP contribution is 2.10. The molecule has 0 saturated heterocycles. The minimum atomic E-state index is -0.324. The Morgan fingerprint density at radius 2 is 1.53 bits per heavy atom. The van der Waals surface area contributed by atoms with Crippen molar-refractivity contribution in [3.8, 4) is 24.1 Å².